The second kappa shape index (κ2) is 6.98. The van der Waals surface area contributed by atoms with Crippen molar-refractivity contribution in [2.45, 2.75) is 18.9 Å². The van der Waals surface area contributed by atoms with Gasteiger partial charge in [-0.2, -0.15) is 0 Å². The number of carbonyl (C=O) groups excluding carboxylic acids is 1. The van der Waals surface area contributed by atoms with Crippen LogP contribution in [0.3, 0.4) is 0 Å². The average molecular weight is 332 g/mol. The van der Waals surface area contributed by atoms with Crippen molar-refractivity contribution in [1.29, 1.82) is 0 Å². The van der Waals surface area contributed by atoms with Crippen LogP contribution in [-0.4, -0.2) is 35.2 Å². The molecule has 1 aromatic carbocycles. The molecule has 0 aliphatic carbocycles. The SMILES string of the molecule is O=C(Nc1cccc(Cl)c1)c1ccc(N2CCC[C@@H](O)C2)nc1. The van der Waals surface area contributed by atoms with E-state index in [4.69, 9.17) is 11.6 Å². The molecule has 1 aliphatic rings. The topological polar surface area (TPSA) is 65.5 Å². The summed E-state index contributed by atoms with van der Waals surface area (Å²) in [5, 5.41) is 13.1. The van der Waals surface area contributed by atoms with Crippen LogP contribution in [0.2, 0.25) is 5.02 Å². The number of benzene rings is 1. The summed E-state index contributed by atoms with van der Waals surface area (Å²) in [5.74, 6) is 0.549. The summed E-state index contributed by atoms with van der Waals surface area (Å²) in [7, 11) is 0. The number of piperidine rings is 1. The van der Waals surface area contributed by atoms with Gasteiger partial charge in [-0.15, -0.1) is 0 Å². The zero-order valence-corrected chi connectivity index (χ0v) is 13.3. The van der Waals surface area contributed by atoms with Gasteiger partial charge in [-0.1, -0.05) is 17.7 Å². The van der Waals surface area contributed by atoms with E-state index in [0.29, 0.717) is 22.8 Å². The van der Waals surface area contributed by atoms with E-state index < -0.39 is 0 Å². The van der Waals surface area contributed by atoms with Crippen LogP contribution < -0.4 is 10.2 Å². The summed E-state index contributed by atoms with van der Waals surface area (Å²) in [6.07, 6.45) is 3.02. The van der Waals surface area contributed by atoms with Gasteiger partial charge in [-0.3, -0.25) is 4.79 Å². The van der Waals surface area contributed by atoms with Crippen molar-refractivity contribution in [1.82, 2.24) is 4.98 Å². The van der Waals surface area contributed by atoms with Gasteiger partial charge in [-0.05, 0) is 43.2 Å². The maximum atomic E-state index is 12.2. The van der Waals surface area contributed by atoms with Gasteiger partial charge in [0.05, 0.1) is 11.7 Å². The van der Waals surface area contributed by atoms with Gasteiger partial charge >= 0.3 is 0 Å². The molecule has 5 nitrogen and oxygen atoms in total. The maximum absolute atomic E-state index is 12.2. The summed E-state index contributed by atoms with van der Waals surface area (Å²) in [5.41, 5.74) is 1.12. The van der Waals surface area contributed by atoms with Crippen LogP contribution in [0.25, 0.3) is 0 Å². The summed E-state index contributed by atoms with van der Waals surface area (Å²) >= 11 is 5.90. The number of aliphatic hydroxyl groups excluding tert-OH is 1. The number of aliphatic hydroxyl groups is 1. The van der Waals surface area contributed by atoms with Crippen molar-refractivity contribution in [2.75, 3.05) is 23.3 Å². The zero-order chi connectivity index (χ0) is 16.2. The van der Waals surface area contributed by atoms with Crippen LogP contribution in [-0.2, 0) is 0 Å². The standard InChI is InChI=1S/C17H18ClN3O2/c18-13-3-1-4-14(9-13)20-17(23)12-6-7-16(19-10-12)21-8-2-5-15(22)11-21/h1,3-4,6-7,9-10,15,22H,2,5,8,11H2,(H,20,23)/t15-/m1/s1. The number of nitrogens with zero attached hydrogens (tertiary/aromatic N) is 2. The Bertz CT molecular complexity index is 690. The van der Waals surface area contributed by atoms with Crippen LogP contribution in [0.5, 0.6) is 0 Å². The Morgan fingerprint density at radius 1 is 1.35 bits per heavy atom. The Morgan fingerprint density at radius 2 is 2.22 bits per heavy atom. The fraction of sp³-hybridized carbons (Fsp3) is 0.294. The molecule has 0 saturated carbocycles. The third-order valence-electron chi connectivity index (χ3n) is 3.81. The first kappa shape index (κ1) is 15.8. The molecule has 0 radical (unpaired) electrons. The molecule has 6 heteroatoms. The Kier molecular flexibility index (Phi) is 4.79. The lowest BCUT2D eigenvalue weighted by Gasteiger charge is -2.30. The second-order valence-corrected chi connectivity index (χ2v) is 6.05. The predicted molar refractivity (Wildman–Crippen MR) is 91.1 cm³/mol. The highest BCUT2D eigenvalue weighted by Gasteiger charge is 2.19. The summed E-state index contributed by atoms with van der Waals surface area (Å²) < 4.78 is 0. The molecule has 2 heterocycles. The van der Waals surface area contributed by atoms with Gasteiger partial charge < -0.3 is 15.3 Å². The van der Waals surface area contributed by atoms with Gasteiger partial charge in [0.1, 0.15) is 5.82 Å². The number of hydrogen-bond donors (Lipinski definition) is 2. The van der Waals surface area contributed by atoms with Gasteiger partial charge in [0, 0.05) is 30.0 Å². The Labute approximate surface area is 139 Å². The smallest absolute Gasteiger partial charge is 0.257 e. The molecule has 0 bridgehead atoms. The van der Waals surface area contributed by atoms with Crippen molar-refractivity contribution in [3.8, 4) is 0 Å². The molecule has 1 aliphatic heterocycles. The Hall–Kier alpha value is -2.11. The first-order chi connectivity index (χ1) is 11.1. The van der Waals surface area contributed by atoms with Gasteiger partial charge in [0.2, 0.25) is 0 Å². The normalized spacial score (nSPS) is 17.8. The fourth-order valence-corrected chi connectivity index (χ4v) is 2.83. The molecule has 2 aromatic rings. The molecule has 3 rings (SSSR count). The lowest BCUT2D eigenvalue weighted by atomic mass is 10.1. The lowest BCUT2D eigenvalue weighted by Crippen LogP contribution is -2.38. The van der Waals surface area contributed by atoms with Crippen molar-refractivity contribution in [2.24, 2.45) is 0 Å². The van der Waals surface area contributed by atoms with Crippen LogP contribution in [0.15, 0.2) is 42.6 Å². The van der Waals surface area contributed by atoms with Crippen molar-refractivity contribution >= 4 is 29.0 Å². The average Bonchev–Trinajstić information content (AvgIpc) is 2.55. The molecular formula is C17H18ClN3O2. The Morgan fingerprint density at radius 3 is 2.91 bits per heavy atom. The molecule has 23 heavy (non-hydrogen) atoms. The molecule has 1 atom stereocenters. The first-order valence-electron chi connectivity index (χ1n) is 7.58. The Balaban J connectivity index is 1.68. The number of carbonyl (C=O) groups is 1. The number of amides is 1. The quantitative estimate of drug-likeness (QED) is 0.907. The van der Waals surface area contributed by atoms with E-state index in [1.165, 1.54) is 0 Å². The van der Waals surface area contributed by atoms with E-state index in [9.17, 15) is 9.90 Å². The van der Waals surface area contributed by atoms with Gasteiger partial charge in [-0.25, -0.2) is 4.98 Å². The van der Waals surface area contributed by atoms with Crippen LogP contribution in [0.4, 0.5) is 11.5 Å². The highest BCUT2D eigenvalue weighted by molar-refractivity contribution is 6.30. The summed E-state index contributed by atoms with van der Waals surface area (Å²) in [4.78, 5) is 18.6. The molecule has 0 spiro atoms. The number of pyridine rings is 1. The van der Waals surface area contributed by atoms with E-state index in [0.717, 1.165) is 25.2 Å². The predicted octanol–water partition coefficient (Wildman–Crippen LogP) is 2.95. The van der Waals surface area contributed by atoms with Crippen LogP contribution >= 0.6 is 11.6 Å². The minimum absolute atomic E-state index is 0.231. The van der Waals surface area contributed by atoms with Crippen LogP contribution in [0, 0.1) is 0 Å². The van der Waals surface area contributed by atoms with E-state index >= 15 is 0 Å². The highest BCUT2D eigenvalue weighted by Crippen LogP contribution is 2.19. The fourth-order valence-electron chi connectivity index (χ4n) is 2.64. The number of β-amino-alcohol motifs (C(OH)–C–C–N with tert-alkyl or cyclic N) is 1. The molecule has 1 saturated heterocycles. The van der Waals surface area contributed by atoms with Crippen LogP contribution in [0.1, 0.15) is 23.2 Å². The maximum Gasteiger partial charge on any atom is 0.257 e. The molecular weight excluding hydrogens is 314 g/mol. The number of hydrogen-bond acceptors (Lipinski definition) is 4. The number of halogens is 1. The number of aromatic nitrogens is 1. The van der Waals surface area contributed by atoms with E-state index in [2.05, 4.69) is 10.3 Å². The van der Waals surface area contributed by atoms with Gasteiger partial charge in [0.15, 0.2) is 0 Å². The van der Waals surface area contributed by atoms with Crippen molar-refractivity contribution < 1.29 is 9.90 Å². The zero-order valence-electron chi connectivity index (χ0n) is 12.6. The third-order valence-corrected chi connectivity index (χ3v) is 4.05. The first-order valence-corrected chi connectivity index (χ1v) is 7.95. The van der Waals surface area contributed by atoms with Crippen molar-refractivity contribution in [3.05, 3.63) is 53.2 Å². The van der Waals surface area contributed by atoms with E-state index in [1.807, 2.05) is 11.0 Å². The number of anilines is 2. The molecule has 1 aromatic heterocycles. The minimum Gasteiger partial charge on any atom is -0.391 e. The molecule has 2 N–H and O–H groups in total. The highest BCUT2D eigenvalue weighted by atomic mass is 35.5. The molecule has 120 valence electrons. The second-order valence-electron chi connectivity index (χ2n) is 5.61. The number of rotatable bonds is 3. The monoisotopic (exact) mass is 331 g/mol. The van der Waals surface area contributed by atoms with E-state index in [-0.39, 0.29) is 12.0 Å². The number of nitrogens with one attached hydrogen (secondary N) is 1. The molecule has 1 amide bonds. The molecule has 1 fully saturated rings. The third kappa shape index (κ3) is 4.00. The molecule has 0 unspecified atom stereocenters. The lowest BCUT2D eigenvalue weighted by molar-refractivity contribution is 0.102. The van der Waals surface area contributed by atoms with Crippen molar-refractivity contribution in [3.63, 3.8) is 0 Å². The summed E-state index contributed by atoms with van der Waals surface area (Å²) in [6.45, 7) is 1.46. The van der Waals surface area contributed by atoms with E-state index in [1.54, 1.807) is 36.5 Å². The largest absolute Gasteiger partial charge is 0.391 e. The minimum atomic E-state index is -0.309. The van der Waals surface area contributed by atoms with Gasteiger partial charge in [0.25, 0.3) is 5.91 Å². The summed E-state index contributed by atoms with van der Waals surface area (Å²) in [6, 6.07) is 10.5.